The molecule has 1 saturated heterocycles. The summed E-state index contributed by atoms with van der Waals surface area (Å²) < 4.78 is 16.1. The molecule has 2 heterocycles. The van der Waals surface area contributed by atoms with Gasteiger partial charge in [-0.1, -0.05) is 5.16 Å². The van der Waals surface area contributed by atoms with Crippen molar-refractivity contribution in [2.75, 3.05) is 26.4 Å². The van der Waals surface area contributed by atoms with Gasteiger partial charge in [-0.2, -0.15) is 0 Å². The molecule has 1 aliphatic rings. The fraction of sp³-hybridized carbons (Fsp3) is 0.800. The smallest absolute Gasteiger partial charge is 0.138 e. The molecule has 0 aromatic carbocycles. The molecule has 1 aromatic heterocycles. The van der Waals surface area contributed by atoms with Crippen LogP contribution in [0, 0.1) is 13.8 Å². The molecule has 120 valence electrons. The molecule has 0 aliphatic carbocycles. The van der Waals surface area contributed by atoms with Gasteiger partial charge in [-0.25, -0.2) is 0 Å². The van der Waals surface area contributed by atoms with Crippen molar-refractivity contribution >= 4 is 0 Å². The van der Waals surface area contributed by atoms with Crippen LogP contribution in [-0.4, -0.2) is 48.8 Å². The topological polar surface area (TPSA) is 76.8 Å². The van der Waals surface area contributed by atoms with Gasteiger partial charge in [-0.15, -0.1) is 0 Å². The number of hydrogen-bond donors (Lipinski definition) is 2. The number of nitrogens with one attached hydrogen (secondary N) is 1. The van der Waals surface area contributed by atoms with Crippen LogP contribution in [0.15, 0.2) is 4.52 Å². The second-order valence-electron chi connectivity index (χ2n) is 5.69. The Kier molecular flexibility index (Phi) is 6.17. The van der Waals surface area contributed by atoms with E-state index >= 15 is 0 Å². The molecule has 0 saturated carbocycles. The number of nitrogens with zero attached hydrogens (tertiary/aromatic N) is 1. The van der Waals surface area contributed by atoms with Crippen LogP contribution in [0.4, 0.5) is 0 Å². The molecular weight excluding hydrogens is 272 g/mol. The average Bonchev–Trinajstić information content (AvgIpc) is 3.07. The Bertz CT molecular complexity index is 410. The molecule has 0 radical (unpaired) electrons. The minimum atomic E-state index is -0.533. The Morgan fingerprint density at radius 3 is 2.90 bits per heavy atom. The van der Waals surface area contributed by atoms with Gasteiger partial charge in [0.1, 0.15) is 5.76 Å². The zero-order valence-corrected chi connectivity index (χ0v) is 13.1. The summed E-state index contributed by atoms with van der Waals surface area (Å²) in [7, 11) is 0. The van der Waals surface area contributed by atoms with E-state index in [0.29, 0.717) is 19.8 Å². The summed E-state index contributed by atoms with van der Waals surface area (Å²) in [4.78, 5) is 0. The molecule has 0 spiro atoms. The molecule has 0 amide bonds. The Hall–Kier alpha value is -0.950. The van der Waals surface area contributed by atoms with Gasteiger partial charge in [0, 0.05) is 24.8 Å². The minimum absolute atomic E-state index is 0.0871. The van der Waals surface area contributed by atoms with Crippen LogP contribution in [0.25, 0.3) is 0 Å². The van der Waals surface area contributed by atoms with Crippen molar-refractivity contribution in [3.05, 3.63) is 17.0 Å². The van der Waals surface area contributed by atoms with E-state index in [2.05, 4.69) is 10.5 Å². The number of aromatic nitrogens is 1. The van der Waals surface area contributed by atoms with Gasteiger partial charge < -0.3 is 24.4 Å². The van der Waals surface area contributed by atoms with Crippen LogP contribution in [-0.2, 0) is 9.47 Å². The molecular formula is C15H26N2O4. The molecule has 1 fully saturated rings. The number of ether oxygens (including phenoxy) is 2. The highest BCUT2D eigenvalue weighted by atomic mass is 16.5. The van der Waals surface area contributed by atoms with E-state index in [1.165, 1.54) is 0 Å². The third kappa shape index (κ3) is 4.78. The van der Waals surface area contributed by atoms with E-state index in [1.807, 2.05) is 20.8 Å². The van der Waals surface area contributed by atoms with Gasteiger partial charge in [0.05, 0.1) is 31.1 Å². The lowest BCUT2D eigenvalue weighted by Gasteiger charge is -2.18. The highest BCUT2D eigenvalue weighted by Crippen LogP contribution is 2.20. The van der Waals surface area contributed by atoms with Crippen LogP contribution < -0.4 is 5.32 Å². The minimum Gasteiger partial charge on any atom is -0.389 e. The van der Waals surface area contributed by atoms with Crippen LogP contribution in [0.5, 0.6) is 0 Å². The van der Waals surface area contributed by atoms with Crippen molar-refractivity contribution < 1.29 is 19.1 Å². The van der Waals surface area contributed by atoms with Crippen molar-refractivity contribution in [3.63, 3.8) is 0 Å². The Morgan fingerprint density at radius 2 is 2.29 bits per heavy atom. The highest BCUT2D eigenvalue weighted by Gasteiger charge is 2.18. The molecule has 1 aromatic rings. The number of rotatable bonds is 8. The van der Waals surface area contributed by atoms with Gasteiger partial charge >= 0.3 is 0 Å². The first-order valence-electron chi connectivity index (χ1n) is 7.61. The summed E-state index contributed by atoms with van der Waals surface area (Å²) in [6.45, 7) is 8.04. The molecule has 3 atom stereocenters. The third-order valence-electron chi connectivity index (χ3n) is 3.82. The molecule has 6 heteroatoms. The lowest BCUT2D eigenvalue weighted by atomic mass is 10.1. The van der Waals surface area contributed by atoms with Crippen molar-refractivity contribution in [2.24, 2.45) is 0 Å². The molecule has 6 nitrogen and oxygen atoms in total. The number of hydrogen-bond acceptors (Lipinski definition) is 6. The standard InChI is InChI=1S/C15H26N2O4/c1-10(15-11(2)17-21-12(15)3)16-7-13(18)8-19-9-14-5-4-6-20-14/h10,13-14,16,18H,4-9H2,1-3H3. The maximum Gasteiger partial charge on any atom is 0.138 e. The molecule has 1 aliphatic heterocycles. The second-order valence-corrected chi connectivity index (χ2v) is 5.69. The Labute approximate surface area is 125 Å². The summed E-state index contributed by atoms with van der Waals surface area (Å²) in [5.41, 5.74) is 1.94. The summed E-state index contributed by atoms with van der Waals surface area (Å²) >= 11 is 0. The lowest BCUT2D eigenvalue weighted by Crippen LogP contribution is -2.33. The third-order valence-corrected chi connectivity index (χ3v) is 3.82. The zero-order chi connectivity index (χ0) is 15.2. The zero-order valence-electron chi connectivity index (χ0n) is 13.1. The second kappa shape index (κ2) is 7.89. The molecule has 2 rings (SSSR count). The monoisotopic (exact) mass is 298 g/mol. The van der Waals surface area contributed by atoms with E-state index in [9.17, 15) is 5.11 Å². The summed E-state index contributed by atoms with van der Waals surface area (Å²) in [6.07, 6.45) is 1.82. The summed E-state index contributed by atoms with van der Waals surface area (Å²) in [5, 5.41) is 17.2. The lowest BCUT2D eigenvalue weighted by molar-refractivity contribution is -0.0168. The average molecular weight is 298 g/mol. The van der Waals surface area contributed by atoms with E-state index in [-0.39, 0.29) is 12.1 Å². The number of aliphatic hydroxyl groups excluding tert-OH is 1. The largest absolute Gasteiger partial charge is 0.389 e. The van der Waals surface area contributed by atoms with Gasteiger partial charge in [0.25, 0.3) is 0 Å². The molecule has 2 N–H and O–H groups in total. The number of aryl methyl sites for hydroxylation is 2. The molecule has 21 heavy (non-hydrogen) atoms. The summed E-state index contributed by atoms with van der Waals surface area (Å²) in [6, 6.07) is 0.0871. The SMILES string of the molecule is Cc1noc(C)c1C(C)NCC(O)COCC1CCCO1. The van der Waals surface area contributed by atoms with Crippen molar-refractivity contribution in [2.45, 2.75) is 51.9 Å². The Morgan fingerprint density at radius 1 is 1.48 bits per heavy atom. The van der Waals surface area contributed by atoms with Crippen molar-refractivity contribution in [1.82, 2.24) is 10.5 Å². The Balaban J connectivity index is 1.65. The quantitative estimate of drug-likeness (QED) is 0.757. The fourth-order valence-electron chi connectivity index (χ4n) is 2.69. The first-order chi connectivity index (χ1) is 10.1. The first kappa shape index (κ1) is 16.4. The highest BCUT2D eigenvalue weighted by molar-refractivity contribution is 5.24. The predicted molar refractivity (Wildman–Crippen MR) is 78.2 cm³/mol. The first-order valence-corrected chi connectivity index (χ1v) is 7.61. The van der Waals surface area contributed by atoms with E-state index in [1.54, 1.807) is 0 Å². The van der Waals surface area contributed by atoms with Gasteiger partial charge in [0.2, 0.25) is 0 Å². The van der Waals surface area contributed by atoms with E-state index < -0.39 is 6.10 Å². The maximum absolute atomic E-state index is 9.94. The molecule has 3 unspecified atom stereocenters. The number of aliphatic hydroxyl groups is 1. The predicted octanol–water partition coefficient (Wildman–Crippen LogP) is 1.50. The van der Waals surface area contributed by atoms with Crippen molar-refractivity contribution in [3.8, 4) is 0 Å². The van der Waals surface area contributed by atoms with Gasteiger partial charge in [-0.3, -0.25) is 0 Å². The van der Waals surface area contributed by atoms with Gasteiger partial charge in [-0.05, 0) is 33.6 Å². The van der Waals surface area contributed by atoms with Crippen LogP contribution >= 0.6 is 0 Å². The fourth-order valence-corrected chi connectivity index (χ4v) is 2.69. The van der Waals surface area contributed by atoms with Crippen LogP contribution in [0.2, 0.25) is 0 Å². The van der Waals surface area contributed by atoms with Crippen molar-refractivity contribution in [1.29, 1.82) is 0 Å². The summed E-state index contributed by atoms with van der Waals surface area (Å²) in [5.74, 6) is 0.816. The van der Waals surface area contributed by atoms with Crippen LogP contribution in [0.1, 0.15) is 42.8 Å². The van der Waals surface area contributed by atoms with E-state index in [0.717, 1.165) is 36.5 Å². The molecule has 0 bridgehead atoms. The van der Waals surface area contributed by atoms with Crippen LogP contribution in [0.3, 0.4) is 0 Å². The van der Waals surface area contributed by atoms with E-state index in [4.69, 9.17) is 14.0 Å². The maximum atomic E-state index is 9.94. The van der Waals surface area contributed by atoms with Gasteiger partial charge in [0.15, 0.2) is 0 Å². The normalized spacial score (nSPS) is 21.6.